The van der Waals surface area contributed by atoms with Crippen molar-refractivity contribution >= 4 is 83.6 Å². The van der Waals surface area contributed by atoms with Gasteiger partial charge < -0.3 is 19.0 Å². The van der Waals surface area contributed by atoms with Gasteiger partial charge in [-0.05, 0) is 145 Å². The number of halogens is 6. The van der Waals surface area contributed by atoms with Crippen LogP contribution in [0.3, 0.4) is 0 Å². The van der Waals surface area contributed by atoms with Crippen molar-refractivity contribution in [2.24, 2.45) is 0 Å². The minimum absolute atomic E-state index is 0.406. The number of hydrogen-bond acceptors (Lipinski definition) is 4. The number of aryl methyl sites for hydroxylation is 1. The number of fused-ring (bicyclic) bond motifs is 6. The summed E-state index contributed by atoms with van der Waals surface area (Å²) in [7, 11) is 1.61. The Morgan fingerprint density at radius 3 is 2.13 bits per heavy atom. The van der Waals surface area contributed by atoms with E-state index in [1.54, 1.807) is 19.3 Å². The van der Waals surface area contributed by atoms with Crippen LogP contribution in [0.25, 0.3) is 55.1 Å². The number of furan rings is 1. The van der Waals surface area contributed by atoms with Gasteiger partial charge in [0.15, 0.2) is 5.58 Å². The average Bonchev–Trinajstić information content (AvgIpc) is 3.74. The number of alkyl halides is 6. The number of benzene rings is 7. The Labute approximate surface area is 403 Å². The molecule has 0 aliphatic carbocycles. The Kier molecular flexibility index (Phi) is 13.8. The summed E-state index contributed by atoms with van der Waals surface area (Å²) in [5.74, 6) is 0.654. The summed E-state index contributed by atoms with van der Waals surface area (Å²) in [4.78, 5) is 3.95. The molecule has 0 N–H and O–H groups in total. The van der Waals surface area contributed by atoms with Crippen LogP contribution in [-0.2, 0) is 10.9 Å². The van der Waals surface area contributed by atoms with Crippen LogP contribution < -0.4 is 9.80 Å². The maximum absolute atomic E-state index is 14.0. The van der Waals surface area contributed by atoms with Crippen LogP contribution in [0.1, 0.15) is 49.4 Å². The molecule has 0 atom stereocenters. The molecule has 4 nitrogen and oxygen atoms in total. The number of hydrogen-bond donors (Lipinski definition) is 0. The van der Waals surface area contributed by atoms with E-state index in [0.29, 0.717) is 39.7 Å². The average molecular weight is 945 g/mol. The zero-order valence-corrected chi connectivity index (χ0v) is 39.3. The highest BCUT2D eigenvalue weighted by Gasteiger charge is 2.32. The molecule has 0 fully saturated rings. The van der Waals surface area contributed by atoms with Crippen molar-refractivity contribution in [1.82, 2.24) is 0 Å². The summed E-state index contributed by atoms with van der Waals surface area (Å²) in [6.07, 6.45) is 4.87. The van der Waals surface area contributed by atoms with E-state index < -0.39 is 29.9 Å². The van der Waals surface area contributed by atoms with Gasteiger partial charge in [0.25, 0.3) is 0 Å². The predicted molar refractivity (Wildman–Crippen MR) is 278 cm³/mol. The first kappa shape index (κ1) is 48.5. The van der Waals surface area contributed by atoms with Gasteiger partial charge in [0.1, 0.15) is 11.3 Å². The first-order chi connectivity index (χ1) is 33.6. The number of allylic oxidation sites excluding steroid dienone is 9. The van der Waals surface area contributed by atoms with Gasteiger partial charge >= 0.3 is 12.4 Å². The monoisotopic (exact) mass is 944 g/mol. The molecule has 354 valence electrons. The Balaban J connectivity index is 1.39. The molecule has 1 heterocycles. The fourth-order valence-corrected chi connectivity index (χ4v) is 8.95. The molecule has 0 bridgehead atoms. The fourth-order valence-electron chi connectivity index (χ4n) is 8.95. The van der Waals surface area contributed by atoms with Crippen molar-refractivity contribution < 1.29 is 35.5 Å². The van der Waals surface area contributed by atoms with E-state index in [2.05, 4.69) is 13.2 Å². The summed E-state index contributed by atoms with van der Waals surface area (Å²) in [5.41, 5.74) is 6.82. The molecular weight excluding hydrogens is 895 g/mol. The van der Waals surface area contributed by atoms with Gasteiger partial charge in [-0.3, -0.25) is 0 Å². The van der Waals surface area contributed by atoms with Crippen LogP contribution >= 0.6 is 0 Å². The number of para-hydroxylation sites is 2. The lowest BCUT2D eigenvalue weighted by Gasteiger charge is -2.30. The molecule has 10 heteroatoms. The third-order valence-corrected chi connectivity index (χ3v) is 12.5. The van der Waals surface area contributed by atoms with Crippen LogP contribution in [0.5, 0.6) is 0 Å². The number of anilines is 5. The molecular formula is C60H50F6N2O2. The molecule has 0 saturated carbocycles. The highest BCUT2D eigenvalue weighted by atomic mass is 19.4. The number of methoxy groups -OCH3 is 1. The normalized spacial score (nSPS) is 13.1. The Bertz CT molecular complexity index is 3460. The van der Waals surface area contributed by atoms with Gasteiger partial charge in [-0.15, -0.1) is 0 Å². The first-order valence-electron chi connectivity index (χ1n) is 22.6. The number of nitrogens with zero attached hydrogens (tertiary/aromatic N) is 2. The van der Waals surface area contributed by atoms with Gasteiger partial charge in [-0.2, -0.15) is 26.3 Å². The molecule has 0 spiro atoms. The quantitative estimate of drug-likeness (QED) is 0.0357. The molecule has 8 rings (SSSR count). The molecule has 0 amide bonds. The summed E-state index contributed by atoms with van der Waals surface area (Å²) < 4.78 is 95.4. The van der Waals surface area contributed by atoms with Crippen molar-refractivity contribution in [3.8, 4) is 0 Å². The van der Waals surface area contributed by atoms with E-state index in [9.17, 15) is 26.3 Å². The lowest BCUT2D eigenvalue weighted by atomic mass is 9.92. The molecule has 70 heavy (non-hydrogen) atoms. The van der Waals surface area contributed by atoms with Gasteiger partial charge in [0, 0.05) is 44.5 Å². The van der Waals surface area contributed by atoms with Crippen LogP contribution in [0.4, 0.5) is 54.8 Å². The minimum Gasteiger partial charge on any atom is -0.496 e. The Morgan fingerprint density at radius 2 is 1.43 bits per heavy atom. The van der Waals surface area contributed by atoms with Crippen LogP contribution in [0.2, 0.25) is 0 Å². The number of ether oxygens (including phenoxy) is 1. The molecule has 0 aliphatic heterocycles. The standard InChI is InChI=1S/C60H50F6N2O2/c1-8-11-12-25-54(69-7)39(5)43-19-16-21-47(37-43)67(45(10-3)20-15-18-38(4)59(61,62)63)51-35-29-42-27-34-50-52(36-28-41(9-2)57(50)56(42)40(51)6)68(46-32-30-44(31-33-46)60(64,65)66)53-24-17-23-49-48-22-13-14-26-55(48)70-58(49)53/h8-17,19-37H,2,4,18H2,1,3,5-7H3/b11-8-,20-15-,25-12-,45-10+,54-39-. The number of rotatable bonds is 14. The smallest absolute Gasteiger partial charge is 0.416 e. The second-order valence-corrected chi connectivity index (χ2v) is 16.7. The van der Waals surface area contributed by atoms with Gasteiger partial charge in [0.05, 0.1) is 24.0 Å². The molecule has 0 unspecified atom stereocenters. The lowest BCUT2D eigenvalue weighted by Crippen LogP contribution is -2.17. The van der Waals surface area contributed by atoms with E-state index in [-0.39, 0.29) is 0 Å². The molecule has 0 aliphatic rings. The van der Waals surface area contributed by atoms with E-state index in [1.807, 2.05) is 171 Å². The third-order valence-electron chi connectivity index (χ3n) is 12.5. The SMILES string of the molecule is C=Cc1ccc(N(c2ccc(C(F)(F)F)cc2)c2cccc3c2oc2ccccc23)c2ccc3ccc(N(C(/C=C\CC(=C)C(F)(F)F)=C/C)c4cccc(/C(C)=C(/C=C\C=C/C)OC)c4)c(C)c3c12. The first-order valence-corrected chi connectivity index (χ1v) is 22.6. The highest BCUT2D eigenvalue weighted by Crippen LogP contribution is 2.48. The minimum atomic E-state index is -4.55. The van der Waals surface area contributed by atoms with Crippen molar-refractivity contribution in [2.45, 2.75) is 46.5 Å². The fraction of sp³-hybridized carbons (Fsp3) is 0.133. The molecule has 7 aromatic carbocycles. The van der Waals surface area contributed by atoms with Crippen molar-refractivity contribution in [2.75, 3.05) is 16.9 Å². The van der Waals surface area contributed by atoms with Crippen LogP contribution in [-0.4, -0.2) is 13.3 Å². The Morgan fingerprint density at radius 1 is 0.714 bits per heavy atom. The summed E-state index contributed by atoms with van der Waals surface area (Å²) >= 11 is 0. The van der Waals surface area contributed by atoms with Crippen molar-refractivity contribution in [3.63, 3.8) is 0 Å². The van der Waals surface area contributed by atoms with Crippen molar-refractivity contribution in [3.05, 3.63) is 222 Å². The predicted octanol–water partition coefficient (Wildman–Crippen LogP) is 18.9. The second kappa shape index (κ2) is 19.9. The summed E-state index contributed by atoms with van der Waals surface area (Å²) in [6, 6.07) is 38.3. The molecule has 1 aromatic heterocycles. The topological polar surface area (TPSA) is 28.9 Å². The van der Waals surface area contributed by atoms with E-state index in [4.69, 9.17) is 9.15 Å². The summed E-state index contributed by atoms with van der Waals surface area (Å²) in [6.45, 7) is 15.2. The molecule has 8 aromatic rings. The lowest BCUT2D eigenvalue weighted by molar-refractivity contribution is -0.137. The zero-order chi connectivity index (χ0) is 49.9. The van der Waals surface area contributed by atoms with E-state index >= 15 is 0 Å². The van der Waals surface area contributed by atoms with E-state index in [0.717, 1.165) is 78.1 Å². The largest absolute Gasteiger partial charge is 0.496 e. The highest BCUT2D eigenvalue weighted by molar-refractivity contribution is 6.19. The maximum Gasteiger partial charge on any atom is 0.416 e. The van der Waals surface area contributed by atoms with Crippen molar-refractivity contribution in [1.29, 1.82) is 0 Å². The van der Waals surface area contributed by atoms with Crippen LogP contribution in [0, 0.1) is 6.92 Å². The third kappa shape index (κ3) is 9.41. The van der Waals surface area contributed by atoms with Gasteiger partial charge in [0.2, 0.25) is 0 Å². The second-order valence-electron chi connectivity index (χ2n) is 16.7. The van der Waals surface area contributed by atoms with Gasteiger partial charge in [-0.25, -0.2) is 0 Å². The maximum atomic E-state index is 14.0. The Hall–Kier alpha value is -7.98. The summed E-state index contributed by atoms with van der Waals surface area (Å²) in [5, 5.41) is 5.13. The molecule has 0 saturated heterocycles. The molecule has 0 radical (unpaired) electrons. The van der Waals surface area contributed by atoms with Gasteiger partial charge in [-0.1, -0.05) is 116 Å². The van der Waals surface area contributed by atoms with Crippen LogP contribution in [0.15, 0.2) is 205 Å². The zero-order valence-electron chi connectivity index (χ0n) is 39.3. The van der Waals surface area contributed by atoms with E-state index in [1.165, 1.54) is 18.2 Å².